The molecule has 0 bridgehead atoms. The van der Waals surface area contributed by atoms with Gasteiger partial charge in [-0.25, -0.2) is 4.79 Å². The molecule has 4 nitrogen and oxygen atoms in total. The average Bonchev–Trinajstić information content (AvgIpc) is 2.24. The van der Waals surface area contributed by atoms with E-state index in [4.69, 9.17) is 4.74 Å². The van der Waals surface area contributed by atoms with E-state index in [-0.39, 0.29) is 6.10 Å². The molecule has 0 unspecified atom stereocenters. The molecule has 0 saturated heterocycles. The van der Waals surface area contributed by atoms with Crippen molar-refractivity contribution in [2.24, 2.45) is 0 Å². The first-order valence-corrected chi connectivity index (χ1v) is 6.24. The molecule has 100 valence electrons. The van der Waals surface area contributed by atoms with Crippen LogP contribution in [0.1, 0.15) is 38.3 Å². The van der Waals surface area contributed by atoms with Crippen LogP contribution in [0, 0.1) is 6.92 Å². The van der Waals surface area contributed by atoms with Crippen molar-refractivity contribution in [3.63, 3.8) is 0 Å². The molecule has 0 heterocycles. The van der Waals surface area contributed by atoms with Crippen molar-refractivity contribution in [1.82, 2.24) is 0 Å². The standard InChI is InChI=1S/C14H21NO3/c1-5-6-11-8-12(7-10(4)13(11)16)15-14(17)18-9(2)3/h7-9,16H,5-6H2,1-4H3,(H,15,17). The molecular formula is C14H21NO3. The zero-order valence-electron chi connectivity index (χ0n) is 11.4. The number of hydrogen-bond acceptors (Lipinski definition) is 3. The van der Waals surface area contributed by atoms with E-state index in [0.717, 1.165) is 24.0 Å². The zero-order chi connectivity index (χ0) is 13.7. The first kappa shape index (κ1) is 14.4. The van der Waals surface area contributed by atoms with Crippen molar-refractivity contribution in [1.29, 1.82) is 0 Å². The fourth-order valence-electron chi connectivity index (χ4n) is 1.75. The number of nitrogens with one attached hydrogen (secondary N) is 1. The Morgan fingerprint density at radius 1 is 1.44 bits per heavy atom. The Bertz CT molecular complexity index is 427. The topological polar surface area (TPSA) is 58.6 Å². The van der Waals surface area contributed by atoms with Crippen molar-refractivity contribution in [3.8, 4) is 5.75 Å². The number of anilines is 1. The normalized spacial score (nSPS) is 10.5. The lowest BCUT2D eigenvalue weighted by molar-refractivity contribution is 0.130. The van der Waals surface area contributed by atoms with Crippen LogP contribution < -0.4 is 5.32 Å². The Morgan fingerprint density at radius 3 is 2.67 bits per heavy atom. The number of ether oxygens (including phenoxy) is 1. The van der Waals surface area contributed by atoms with E-state index in [2.05, 4.69) is 5.32 Å². The third kappa shape index (κ3) is 3.95. The summed E-state index contributed by atoms with van der Waals surface area (Å²) in [4.78, 5) is 11.5. The second kappa shape index (κ2) is 6.28. The van der Waals surface area contributed by atoms with Crippen LogP contribution in [-0.2, 0) is 11.2 Å². The van der Waals surface area contributed by atoms with Crippen molar-refractivity contribution < 1.29 is 14.6 Å². The number of rotatable bonds is 4. The van der Waals surface area contributed by atoms with Crippen LogP contribution in [0.15, 0.2) is 12.1 Å². The zero-order valence-corrected chi connectivity index (χ0v) is 11.4. The molecule has 4 heteroatoms. The summed E-state index contributed by atoms with van der Waals surface area (Å²) in [5.74, 6) is 0.305. The van der Waals surface area contributed by atoms with Crippen LogP contribution in [0.25, 0.3) is 0 Å². The Balaban J connectivity index is 2.86. The lowest BCUT2D eigenvalue weighted by Crippen LogP contribution is -2.18. The van der Waals surface area contributed by atoms with Gasteiger partial charge in [0.2, 0.25) is 0 Å². The maximum Gasteiger partial charge on any atom is 0.411 e. The number of aryl methyl sites for hydroxylation is 2. The molecule has 0 radical (unpaired) electrons. The summed E-state index contributed by atoms with van der Waals surface area (Å²) in [6.07, 6.45) is 1.09. The fourth-order valence-corrected chi connectivity index (χ4v) is 1.75. The lowest BCUT2D eigenvalue weighted by atomic mass is 10.0. The molecule has 1 aromatic rings. The van der Waals surface area contributed by atoms with E-state index in [1.54, 1.807) is 26.0 Å². The Labute approximate surface area is 108 Å². The van der Waals surface area contributed by atoms with Gasteiger partial charge in [0.05, 0.1) is 6.10 Å². The summed E-state index contributed by atoms with van der Waals surface area (Å²) in [5.41, 5.74) is 2.25. The Kier molecular flexibility index (Phi) is 5.01. The third-order valence-corrected chi connectivity index (χ3v) is 2.49. The van der Waals surface area contributed by atoms with E-state index in [1.165, 1.54) is 0 Å². The highest BCUT2D eigenvalue weighted by atomic mass is 16.6. The number of phenols is 1. The molecule has 0 aliphatic carbocycles. The second-order valence-electron chi connectivity index (χ2n) is 4.63. The first-order valence-electron chi connectivity index (χ1n) is 6.24. The SMILES string of the molecule is CCCc1cc(NC(=O)OC(C)C)cc(C)c1O. The van der Waals surface area contributed by atoms with Crippen LogP contribution >= 0.6 is 0 Å². The number of hydrogen-bond donors (Lipinski definition) is 2. The number of benzene rings is 1. The molecule has 1 rings (SSSR count). The largest absolute Gasteiger partial charge is 0.507 e. The molecule has 0 aliphatic heterocycles. The Morgan fingerprint density at radius 2 is 2.11 bits per heavy atom. The number of phenolic OH excluding ortho intramolecular Hbond substituents is 1. The number of carbonyl (C=O) groups excluding carboxylic acids is 1. The molecule has 2 N–H and O–H groups in total. The molecule has 0 aliphatic rings. The van der Waals surface area contributed by atoms with Gasteiger partial charge in [0.25, 0.3) is 0 Å². The van der Waals surface area contributed by atoms with Crippen molar-refractivity contribution >= 4 is 11.8 Å². The summed E-state index contributed by atoms with van der Waals surface area (Å²) in [6, 6.07) is 3.52. The minimum Gasteiger partial charge on any atom is -0.507 e. The molecule has 0 fully saturated rings. The van der Waals surface area contributed by atoms with Gasteiger partial charge in [0.15, 0.2) is 0 Å². The van der Waals surface area contributed by atoms with Crippen LogP contribution in [0.3, 0.4) is 0 Å². The molecule has 1 amide bonds. The predicted octanol–water partition coefficient (Wildman–Crippen LogP) is 3.61. The lowest BCUT2D eigenvalue weighted by Gasteiger charge is -2.13. The van der Waals surface area contributed by atoms with Crippen LogP contribution in [0.5, 0.6) is 5.75 Å². The van der Waals surface area contributed by atoms with E-state index in [0.29, 0.717) is 11.4 Å². The molecule has 0 saturated carbocycles. The summed E-state index contributed by atoms with van der Waals surface area (Å²) in [7, 11) is 0. The van der Waals surface area contributed by atoms with E-state index >= 15 is 0 Å². The maximum atomic E-state index is 11.5. The van der Waals surface area contributed by atoms with Gasteiger partial charge in [-0.1, -0.05) is 13.3 Å². The molecular weight excluding hydrogens is 230 g/mol. The van der Waals surface area contributed by atoms with Crippen LogP contribution in [0.2, 0.25) is 0 Å². The second-order valence-corrected chi connectivity index (χ2v) is 4.63. The monoisotopic (exact) mass is 251 g/mol. The van der Waals surface area contributed by atoms with Crippen molar-refractivity contribution in [3.05, 3.63) is 23.3 Å². The van der Waals surface area contributed by atoms with Crippen LogP contribution in [-0.4, -0.2) is 17.3 Å². The predicted molar refractivity (Wildman–Crippen MR) is 72.1 cm³/mol. The van der Waals surface area contributed by atoms with Gasteiger partial charge in [-0.05, 0) is 50.5 Å². The summed E-state index contributed by atoms with van der Waals surface area (Å²) >= 11 is 0. The first-order chi connectivity index (χ1) is 8.43. The number of aromatic hydroxyl groups is 1. The number of amides is 1. The van der Waals surface area contributed by atoms with E-state index < -0.39 is 6.09 Å². The van der Waals surface area contributed by atoms with Gasteiger partial charge in [-0.15, -0.1) is 0 Å². The number of carbonyl (C=O) groups is 1. The minimum absolute atomic E-state index is 0.154. The van der Waals surface area contributed by atoms with Crippen molar-refractivity contribution in [2.75, 3.05) is 5.32 Å². The van der Waals surface area contributed by atoms with Crippen molar-refractivity contribution in [2.45, 2.75) is 46.6 Å². The fraction of sp³-hybridized carbons (Fsp3) is 0.500. The summed E-state index contributed by atoms with van der Waals surface area (Å²) < 4.78 is 5.01. The van der Waals surface area contributed by atoms with Gasteiger partial charge in [0.1, 0.15) is 5.75 Å². The highest BCUT2D eigenvalue weighted by Gasteiger charge is 2.10. The van der Waals surface area contributed by atoms with Gasteiger partial charge in [-0.2, -0.15) is 0 Å². The molecule has 0 atom stereocenters. The molecule has 1 aromatic carbocycles. The molecule has 18 heavy (non-hydrogen) atoms. The highest BCUT2D eigenvalue weighted by molar-refractivity contribution is 5.85. The van der Waals surface area contributed by atoms with E-state index in [9.17, 15) is 9.90 Å². The van der Waals surface area contributed by atoms with Crippen LogP contribution in [0.4, 0.5) is 10.5 Å². The maximum absolute atomic E-state index is 11.5. The van der Waals surface area contributed by atoms with Gasteiger partial charge in [0, 0.05) is 5.69 Å². The molecule has 0 aromatic heterocycles. The van der Waals surface area contributed by atoms with Gasteiger partial charge >= 0.3 is 6.09 Å². The quantitative estimate of drug-likeness (QED) is 0.804. The minimum atomic E-state index is -0.475. The smallest absolute Gasteiger partial charge is 0.411 e. The average molecular weight is 251 g/mol. The summed E-state index contributed by atoms with van der Waals surface area (Å²) in [6.45, 7) is 7.45. The molecule has 0 spiro atoms. The third-order valence-electron chi connectivity index (χ3n) is 2.49. The van der Waals surface area contributed by atoms with Gasteiger partial charge in [-0.3, -0.25) is 5.32 Å². The summed E-state index contributed by atoms with van der Waals surface area (Å²) in [5, 5.41) is 12.6. The highest BCUT2D eigenvalue weighted by Crippen LogP contribution is 2.27. The van der Waals surface area contributed by atoms with E-state index in [1.807, 2.05) is 13.8 Å². The van der Waals surface area contributed by atoms with Gasteiger partial charge < -0.3 is 9.84 Å². The Hall–Kier alpha value is -1.71.